The van der Waals surface area contributed by atoms with E-state index in [0.717, 1.165) is 6.42 Å². The van der Waals surface area contributed by atoms with Gasteiger partial charge < -0.3 is 19.6 Å². The van der Waals surface area contributed by atoms with Crippen molar-refractivity contribution in [3.05, 3.63) is 41.9 Å². The molecule has 7 atom stereocenters. The third-order valence-corrected chi connectivity index (χ3v) is 10.9. The molecular formula is C28H37ClN2O5S. The normalized spacial score (nSPS) is 31.7. The Balaban J connectivity index is 1.88. The second-order valence-corrected chi connectivity index (χ2v) is 12.9. The van der Waals surface area contributed by atoms with Gasteiger partial charge in [-0.05, 0) is 44.7 Å². The third-order valence-electron chi connectivity index (χ3n) is 8.56. The number of fused-ring (bicyclic) bond motifs is 1. The number of amides is 2. The van der Waals surface area contributed by atoms with Crippen LogP contribution in [0.15, 0.2) is 36.9 Å². The summed E-state index contributed by atoms with van der Waals surface area (Å²) in [5.41, 5.74) is 0.538. The minimum absolute atomic E-state index is 0.0496. The van der Waals surface area contributed by atoms with Gasteiger partial charge in [0, 0.05) is 11.3 Å². The molecule has 7 nitrogen and oxygen atoms in total. The van der Waals surface area contributed by atoms with Gasteiger partial charge in [0.15, 0.2) is 0 Å². The second-order valence-electron chi connectivity index (χ2n) is 10.5. The van der Waals surface area contributed by atoms with Gasteiger partial charge in [-0.15, -0.1) is 18.3 Å². The predicted molar refractivity (Wildman–Crippen MR) is 147 cm³/mol. The Hall–Kier alpha value is -2.03. The van der Waals surface area contributed by atoms with Crippen molar-refractivity contribution in [1.29, 1.82) is 0 Å². The lowest BCUT2D eigenvalue weighted by Gasteiger charge is -2.41. The highest BCUT2D eigenvalue weighted by Gasteiger charge is 2.78. The van der Waals surface area contributed by atoms with E-state index in [4.69, 9.17) is 16.3 Å². The van der Waals surface area contributed by atoms with Crippen LogP contribution in [0.25, 0.3) is 0 Å². The average molecular weight is 549 g/mol. The van der Waals surface area contributed by atoms with Crippen LogP contribution in [0.4, 0.5) is 5.69 Å². The van der Waals surface area contributed by atoms with Gasteiger partial charge >= 0.3 is 5.97 Å². The molecule has 3 aliphatic rings. The quantitative estimate of drug-likeness (QED) is 0.346. The van der Waals surface area contributed by atoms with Gasteiger partial charge in [-0.3, -0.25) is 14.4 Å². The van der Waals surface area contributed by atoms with Crippen molar-refractivity contribution in [2.75, 3.05) is 24.7 Å². The first-order valence-corrected chi connectivity index (χ1v) is 14.3. The number of thioether (sulfide) groups is 1. The van der Waals surface area contributed by atoms with Crippen molar-refractivity contribution in [1.82, 2.24) is 4.90 Å². The summed E-state index contributed by atoms with van der Waals surface area (Å²) in [7, 11) is 0. The number of hydrogen-bond donors (Lipinski definition) is 1. The van der Waals surface area contributed by atoms with E-state index in [0.29, 0.717) is 23.6 Å². The molecule has 1 aromatic rings. The van der Waals surface area contributed by atoms with Gasteiger partial charge in [-0.1, -0.05) is 50.1 Å². The highest BCUT2D eigenvalue weighted by Crippen LogP contribution is 2.72. The van der Waals surface area contributed by atoms with Crippen LogP contribution in [-0.2, 0) is 19.1 Å². The molecule has 0 aromatic heterocycles. The summed E-state index contributed by atoms with van der Waals surface area (Å²) in [6, 6.07) is 5.69. The van der Waals surface area contributed by atoms with Crippen LogP contribution < -0.4 is 4.90 Å². The standard InChI is InChI=1S/C28H37ClN2O5S/c1-6-15-30(19-12-10-9-11-18(19)29)25(34)23-28-14-13-27(5,37-28)22(26(35)36-8-3)21(28)24(33)31(23)20(16-32)17(4)7-2/h6,9-12,17,20-23,32H,1,7-8,13-16H2,2-5H3/t17-,20-,21-,22+,23?,27-,28?/m0/s1. The molecule has 37 heavy (non-hydrogen) atoms. The fourth-order valence-corrected chi connectivity index (χ4v) is 9.22. The first-order chi connectivity index (χ1) is 17.6. The van der Waals surface area contributed by atoms with Crippen molar-refractivity contribution in [2.24, 2.45) is 17.8 Å². The van der Waals surface area contributed by atoms with Crippen LogP contribution in [-0.4, -0.2) is 69.1 Å². The SMILES string of the molecule is C=CCN(C(=O)C1N([C@@H](CO)[C@@H](C)CC)C(=O)[C@@H]2[C@H](C(=O)OCC)[C@]3(C)CCC12S3)c1ccccc1Cl. The molecule has 1 aromatic carbocycles. The molecule has 0 aliphatic carbocycles. The van der Waals surface area contributed by atoms with E-state index in [1.54, 1.807) is 52.8 Å². The lowest BCUT2D eigenvalue weighted by Crippen LogP contribution is -2.58. The maximum absolute atomic E-state index is 14.6. The average Bonchev–Trinajstić information content (AvgIpc) is 3.44. The van der Waals surface area contributed by atoms with Crippen LogP contribution >= 0.6 is 23.4 Å². The van der Waals surface area contributed by atoms with Gasteiger partial charge in [0.25, 0.3) is 5.91 Å². The molecule has 1 spiro atoms. The second kappa shape index (κ2) is 10.6. The number of rotatable bonds is 10. The van der Waals surface area contributed by atoms with E-state index in [2.05, 4.69) is 6.58 Å². The highest BCUT2D eigenvalue weighted by atomic mass is 35.5. The number of para-hydroxylation sites is 1. The number of halogens is 1. The monoisotopic (exact) mass is 548 g/mol. The lowest BCUT2D eigenvalue weighted by molar-refractivity contribution is -0.155. The molecule has 2 amide bonds. The Morgan fingerprint density at radius 1 is 1.35 bits per heavy atom. The molecule has 3 fully saturated rings. The largest absolute Gasteiger partial charge is 0.466 e. The number of aliphatic hydroxyl groups is 1. The zero-order valence-electron chi connectivity index (χ0n) is 22.0. The van der Waals surface area contributed by atoms with Gasteiger partial charge in [0.2, 0.25) is 5.91 Å². The Morgan fingerprint density at radius 3 is 2.65 bits per heavy atom. The van der Waals surface area contributed by atoms with E-state index >= 15 is 0 Å². The van der Waals surface area contributed by atoms with Crippen LogP contribution in [0, 0.1) is 17.8 Å². The van der Waals surface area contributed by atoms with Gasteiger partial charge in [0.05, 0.1) is 46.5 Å². The minimum atomic E-state index is -0.862. The van der Waals surface area contributed by atoms with Crippen LogP contribution in [0.2, 0.25) is 5.02 Å². The summed E-state index contributed by atoms with van der Waals surface area (Å²) < 4.78 is 4.15. The number of ether oxygens (including phenoxy) is 1. The van der Waals surface area contributed by atoms with Crippen molar-refractivity contribution in [3.8, 4) is 0 Å². The Bertz CT molecular complexity index is 1080. The smallest absolute Gasteiger partial charge is 0.311 e. The number of nitrogens with zero attached hydrogens (tertiary/aromatic N) is 2. The van der Waals surface area contributed by atoms with Crippen molar-refractivity contribution in [3.63, 3.8) is 0 Å². The van der Waals surface area contributed by atoms with Crippen molar-refractivity contribution in [2.45, 2.75) is 68.5 Å². The fraction of sp³-hybridized carbons (Fsp3) is 0.607. The molecule has 2 bridgehead atoms. The number of anilines is 1. The number of carbonyl (C=O) groups excluding carboxylic acids is 3. The molecule has 1 N–H and O–H groups in total. The number of esters is 1. The first-order valence-electron chi connectivity index (χ1n) is 13.1. The highest BCUT2D eigenvalue weighted by molar-refractivity contribution is 8.02. The molecule has 3 saturated heterocycles. The minimum Gasteiger partial charge on any atom is -0.466 e. The summed E-state index contributed by atoms with van der Waals surface area (Å²) in [4.78, 5) is 45.4. The molecule has 2 unspecified atom stereocenters. The molecule has 4 rings (SSSR count). The van der Waals surface area contributed by atoms with Crippen LogP contribution in [0.3, 0.4) is 0 Å². The predicted octanol–water partition coefficient (Wildman–Crippen LogP) is 4.31. The molecule has 9 heteroatoms. The number of likely N-dealkylation sites (tertiary alicyclic amines) is 1. The Kier molecular flexibility index (Phi) is 8.03. The van der Waals surface area contributed by atoms with E-state index in [1.807, 2.05) is 26.8 Å². The van der Waals surface area contributed by atoms with Gasteiger partial charge in [0.1, 0.15) is 6.04 Å². The Labute approximate surface area is 228 Å². The molecule has 3 aliphatic heterocycles. The number of hydrogen-bond acceptors (Lipinski definition) is 6. The van der Waals surface area contributed by atoms with Crippen LogP contribution in [0.1, 0.15) is 47.0 Å². The van der Waals surface area contributed by atoms with Gasteiger partial charge in [-0.2, -0.15) is 0 Å². The molecule has 202 valence electrons. The van der Waals surface area contributed by atoms with Crippen molar-refractivity contribution < 1.29 is 24.2 Å². The van der Waals surface area contributed by atoms with E-state index in [1.165, 1.54) is 0 Å². The fourth-order valence-electron chi connectivity index (χ4n) is 6.66. The number of benzene rings is 1. The summed E-state index contributed by atoms with van der Waals surface area (Å²) in [5, 5.41) is 10.9. The zero-order valence-corrected chi connectivity index (χ0v) is 23.6. The molecule has 3 heterocycles. The maximum atomic E-state index is 14.6. The van der Waals surface area contributed by atoms with Crippen LogP contribution in [0.5, 0.6) is 0 Å². The molecular weight excluding hydrogens is 512 g/mol. The number of aliphatic hydroxyl groups excluding tert-OH is 1. The maximum Gasteiger partial charge on any atom is 0.311 e. The Morgan fingerprint density at radius 2 is 2.05 bits per heavy atom. The molecule has 0 radical (unpaired) electrons. The topological polar surface area (TPSA) is 87.2 Å². The summed E-state index contributed by atoms with van der Waals surface area (Å²) in [6.45, 7) is 11.8. The summed E-state index contributed by atoms with van der Waals surface area (Å²) >= 11 is 8.12. The summed E-state index contributed by atoms with van der Waals surface area (Å²) in [6.07, 6.45) is 3.68. The van der Waals surface area contributed by atoms with E-state index in [-0.39, 0.29) is 43.5 Å². The number of carbonyl (C=O) groups is 3. The van der Waals surface area contributed by atoms with E-state index < -0.39 is 33.4 Å². The van der Waals surface area contributed by atoms with Crippen molar-refractivity contribution >= 4 is 46.8 Å². The first kappa shape index (κ1) is 28.0. The zero-order chi connectivity index (χ0) is 27.1. The summed E-state index contributed by atoms with van der Waals surface area (Å²) in [5.74, 6) is -2.30. The van der Waals surface area contributed by atoms with Gasteiger partial charge in [-0.25, -0.2) is 0 Å². The lowest BCUT2D eigenvalue weighted by atomic mass is 9.66. The van der Waals surface area contributed by atoms with E-state index in [9.17, 15) is 19.5 Å². The third kappa shape index (κ3) is 4.29. The molecule has 0 saturated carbocycles.